The highest BCUT2D eigenvalue weighted by Gasteiger charge is 2.17. The summed E-state index contributed by atoms with van der Waals surface area (Å²) in [6.45, 7) is 0. The smallest absolute Gasteiger partial charge is 0.135 e. The Kier molecular flexibility index (Phi) is 7.10. The van der Waals surface area contributed by atoms with Crippen LogP contribution in [0.2, 0.25) is 0 Å². The number of fused-ring (bicyclic) bond motifs is 6. The molecule has 52 heavy (non-hydrogen) atoms. The molecular formula is C48H31N3O. The summed E-state index contributed by atoms with van der Waals surface area (Å²) < 4.78 is 6.14. The molecule has 10 rings (SSSR count). The number of hydrogen-bond acceptors (Lipinski definition) is 4. The third kappa shape index (κ3) is 5.17. The molecule has 0 amide bonds. The lowest BCUT2D eigenvalue weighted by Gasteiger charge is -2.25. The molecule has 0 unspecified atom stereocenters. The number of aromatic nitrogens is 2. The van der Waals surface area contributed by atoms with Crippen molar-refractivity contribution in [3.8, 4) is 33.6 Å². The normalized spacial score (nSPS) is 11.5. The number of rotatable bonds is 6. The molecule has 0 aliphatic carbocycles. The van der Waals surface area contributed by atoms with Gasteiger partial charge in [-0.05, 0) is 77.2 Å². The van der Waals surface area contributed by atoms with E-state index in [4.69, 9.17) is 14.4 Å². The van der Waals surface area contributed by atoms with Crippen LogP contribution in [-0.4, -0.2) is 9.97 Å². The number of furan rings is 1. The molecule has 0 N–H and O–H groups in total. The first-order valence-electron chi connectivity index (χ1n) is 17.5. The predicted octanol–water partition coefficient (Wildman–Crippen LogP) is 13.2. The van der Waals surface area contributed by atoms with Crippen LogP contribution in [0.3, 0.4) is 0 Å². The van der Waals surface area contributed by atoms with E-state index in [1.807, 2.05) is 36.4 Å². The van der Waals surface area contributed by atoms with Gasteiger partial charge >= 0.3 is 0 Å². The SMILES string of the molecule is c1ccc(-c2nc3ccc4cc(-c5ccc(N(c6ccccc6)c6ccc7oc8ccccc8c7c6)cc5)ccc4c3nc2-c2ccccc2)cc1. The summed E-state index contributed by atoms with van der Waals surface area (Å²) in [7, 11) is 0. The largest absolute Gasteiger partial charge is 0.456 e. The quantitative estimate of drug-likeness (QED) is 0.166. The van der Waals surface area contributed by atoms with Crippen LogP contribution in [0.5, 0.6) is 0 Å². The van der Waals surface area contributed by atoms with Crippen molar-refractivity contribution in [1.29, 1.82) is 0 Å². The van der Waals surface area contributed by atoms with Crippen molar-refractivity contribution in [2.45, 2.75) is 0 Å². The van der Waals surface area contributed by atoms with Gasteiger partial charge in [0.1, 0.15) is 11.2 Å². The summed E-state index contributed by atoms with van der Waals surface area (Å²) in [6.07, 6.45) is 0. The zero-order chi connectivity index (χ0) is 34.4. The molecule has 0 aliphatic rings. The van der Waals surface area contributed by atoms with Crippen molar-refractivity contribution in [3.63, 3.8) is 0 Å². The van der Waals surface area contributed by atoms with Crippen molar-refractivity contribution in [2.75, 3.05) is 4.90 Å². The fourth-order valence-corrected chi connectivity index (χ4v) is 7.30. The fraction of sp³-hybridized carbons (Fsp3) is 0. The molecule has 0 saturated carbocycles. The van der Waals surface area contributed by atoms with Crippen LogP contribution in [0.4, 0.5) is 17.1 Å². The van der Waals surface area contributed by atoms with Gasteiger partial charge in [0.2, 0.25) is 0 Å². The minimum Gasteiger partial charge on any atom is -0.456 e. The van der Waals surface area contributed by atoms with Gasteiger partial charge in [0.05, 0.1) is 22.4 Å². The molecular weight excluding hydrogens is 635 g/mol. The maximum absolute atomic E-state index is 6.14. The highest BCUT2D eigenvalue weighted by molar-refractivity contribution is 6.08. The first-order valence-corrected chi connectivity index (χ1v) is 17.5. The van der Waals surface area contributed by atoms with Gasteiger partial charge in [0.25, 0.3) is 0 Å². The van der Waals surface area contributed by atoms with Crippen molar-refractivity contribution in [3.05, 3.63) is 188 Å². The second kappa shape index (κ2) is 12.4. The Morgan fingerprint density at radius 3 is 1.71 bits per heavy atom. The minimum absolute atomic E-state index is 0.880. The third-order valence-corrected chi connectivity index (χ3v) is 9.84. The Morgan fingerprint density at radius 1 is 0.365 bits per heavy atom. The molecule has 0 aliphatic heterocycles. The van der Waals surface area contributed by atoms with Gasteiger partial charge in [-0.1, -0.05) is 127 Å². The molecule has 0 radical (unpaired) electrons. The molecule has 4 nitrogen and oxygen atoms in total. The minimum atomic E-state index is 0.880. The topological polar surface area (TPSA) is 42.2 Å². The monoisotopic (exact) mass is 665 g/mol. The Balaban J connectivity index is 1.04. The zero-order valence-electron chi connectivity index (χ0n) is 28.1. The summed E-state index contributed by atoms with van der Waals surface area (Å²) in [4.78, 5) is 12.8. The van der Waals surface area contributed by atoms with Gasteiger partial charge in [0, 0.05) is 44.3 Å². The average molecular weight is 666 g/mol. The third-order valence-electron chi connectivity index (χ3n) is 9.84. The van der Waals surface area contributed by atoms with Crippen molar-refractivity contribution in [2.24, 2.45) is 0 Å². The van der Waals surface area contributed by atoms with E-state index < -0.39 is 0 Å². The van der Waals surface area contributed by atoms with Crippen LogP contribution in [0.15, 0.2) is 192 Å². The summed E-state index contributed by atoms with van der Waals surface area (Å²) in [5.41, 5.74) is 13.0. The first kappa shape index (κ1) is 29.8. The molecule has 0 bridgehead atoms. The van der Waals surface area contributed by atoms with Crippen LogP contribution in [-0.2, 0) is 0 Å². The van der Waals surface area contributed by atoms with E-state index >= 15 is 0 Å². The van der Waals surface area contributed by atoms with Gasteiger partial charge < -0.3 is 9.32 Å². The Hall–Kier alpha value is -7.04. The molecule has 244 valence electrons. The average Bonchev–Trinajstić information content (AvgIpc) is 3.60. The number of hydrogen-bond donors (Lipinski definition) is 0. The second-order valence-electron chi connectivity index (χ2n) is 13.0. The maximum atomic E-state index is 6.14. The van der Waals surface area contributed by atoms with Gasteiger partial charge in [-0.15, -0.1) is 0 Å². The summed E-state index contributed by atoms with van der Waals surface area (Å²) in [6, 6.07) is 65.5. The Labute approximate surface area is 300 Å². The highest BCUT2D eigenvalue weighted by atomic mass is 16.3. The van der Waals surface area contributed by atoms with Crippen LogP contribution >= 0.6 is 0 Å². The first-order chi connectivity index (χ1) is 25.8. The molecule has 0 fully saturated rings. The fourth-order valence-electron chi connectivity index (χ4n) is 7.30. The van der Waals surface area contributed by atoms with E-state index in [0.29, 0.717) is 0 Å². The lowest BCUT2D eigenvalue weighted by atomic mass is 9.99. The molecule has 0 spiro atoms. The summed E-state index contributed by atoms with van der Waals surface area (Å²) in [5, 5.41) is 4.43. The zero-order valence-corrected chi connectivity index (χ0v) is 28.1. The molecule has 4 heteroatoms. The second-order valence-corrected chi connectivity index (χ2v) is 13.0. The molecule has 2 heterocycles. The van der Waals surface area contributed by atoms with Gasteiger partial charge in [-0.2, -0.15) is 0 Å². The number of para-hydroxylation sites is 2. The molecule has 8 aromatic carbocycles. The molecule has 0 atom stereocenters. The maximum Gasteiger partial charge on any atom is 0.135 e. The van der Waals surface area contributed by atoms with Crippen molar-refractivity contribution < 1.29 is 4.42 Å². The standard InChI is InChI=1S/C48H31N3O/c1-4-12-33(13-5-1)46-47(34-14-6-2-7-15-34)50-48-40-27-22-35(30-36(40)23-28-43(48)49-46)32-20-24-38(25-21-32)51(37-16-8-3-9-17-37)39-26-29-45-42(31-39)41-18-10-11-19-44(41)52-45/h1-31H. The molecule has 0 saturated heterocycles. The van der Waals surface area contributed by atoms with Gasteiger partial charge in [0.15, 0.2) is 0 Å². The predicted molar refractivity (Wildman–Crippen MR) is 215 cm³/mol. The van der Waals surface area contributed by atoms with E-state index in [9.17, 15) is 0 Å². The highest BCUT2D eigenvalue weighted by Crippen LogP contribution is 2.40. The lowest BCUT2D eigenvalue weighted by Crippen LogP contribution is -2.09. The van der Waals surface area contributed by atoms with E-state index in [2.05, 4.69) is 157 Å². The number of anilines is 3. The van der Waals surface area contributed by atoms with Gasteiger partial charge in [-0.3, -0.25) is 0 Å². The van der Waals surface area contributed by atoms with E-state index in [0.717, 1.165) is 94.4 Å². The van der Waals surface area contributed by atoms with E-state index in [1.165, 1.54) is 0 Å². The summed E-state index contributed by atoms with van der Waals surface area (Å²) in [5.74, 6) is 0. The molecule has 2 aromatic heterocycles. The van der Waals surface area contributed by atoms with Crippen molar-refractivity contribution in [1.82, 2.24) is 9.97 Å². The summed E-state index contributed by atoms with van der Waals surface area (Å²) >= 11 is 0. The van der Waals surface area contributed by atoms with Crippen LogP contribution in [0, 0.1) is 0 Å². The van der Waals surface area contributed by atoms with Crippen LogP contribution < -0.4 is 4.90 Å². The van der Waals surface area contributed by atoms with E-state index in [1.54, 1.807) is 0 Å². The number of nitrogens with zero attached hydrogens (tertiary/aromatic N) is 3. The number of benzene rings is 8. The Morgan fingerprint density at radius 2 is 0.962 bits per heavy atom. The van der Waals surface area contributed by atoms with Gasteiger partial charge in [-0.25, -0.2) is 9.97 Å². The lowest BCUT2D eigenvalue weighted by molar-refractivity contribution is 0.669. The molecule has 10 aromatic rings. The van der Waals surface area contributed by atoms with Crippen molar-refractivity contribution >= 4 is 60.8 Å². The van der Waals surface area contributed by atoms with Crippen LogP contribution in [0.1, 0.15) is 0 Å². The van der Waals surface area contributed by atoms with Crippen LogP contribution in [0.25, 0.3) is 77.4 Å². The Bertz CT molecular complexity index is 2880. The van der Waals surface area contributed by atoms with E-state index in [-0.39, 0.29) is 0 Å².